The van der Waals surface area contributed by atoms with Crippen molar-refractivity contribution < 1.29 is 23.1 Å². The molecule has 0 spiro atoms. The molecule has 0 saturated carbocycles. The quantitative estimate of drug-likeness (QED) is 0.825. The van der Waals surface area contributed by atoms with Crippen LogP contribution in [0.1, 0.15) is 30.6 Å². The van der Waals surface area contributed by atoms with E-state index in [-0.39, 0.29) is 16.4 Å². The fourth-order valence-corrected chi connectivity index (χ4v) is 2.47. The fraction of sp³-hybridized carbons (Fsp3) is 0.429. The van der Waals surface area contributed by atoms with Crippen LogP contribution in [0.3, 0.4) is 0 Å². The third-order valence-corrected chi connectivity index (χ3v) is 3.95. The van der Waals surface area contributed by atoms with Crippen molar-refractivity contribution in [2.75, 3.05) is 6.26 Å². The van der Waals surface area contributed by atoms with Crippen molar-refractivity contribution in [1.82, 2.24) is 5.32 Å². The molecule has 6 nitrogen and oxygen atoms in total. The summed E-state index contributed by atoms with van der Waals surface area (Å²) in [6, 6.07) is 4.51. The number of carbonyl (C=O) groups is 2. The Morgan fingerprint density at radius 2 is 1.90 bits per heavy atom. The monoisotopic (exact) mass is 313 g/mol. The van der Waals surface area contributed by atoms with Gasteiger partial charge in [-0.05, 0) is 30.5 Å². The van der Waals surface area contributed by atoms with E-state index in [2.05, 4.69) is 5.32 Å². The van der Waals surface area contributed by atoms with E-state index in [1.165, 1.54) is 24.3 Å². The van der Waals surface area contributed by atoms with Gasteiger partial charge in [0.15, 0.2) is 9.84 Å². The average Bonchev–Trinajstić information content (AvgIpc) is 2.36. The van der Waals surface area contributed by atoms with Gasteiger partial charge in [0.2, 0.25) is 0 Å². The van der Waals surface area contributed by atoms with Gasteiger partial charge in [-0.2, -0.15) is 0 Å². The van der Waals surface area contributed by atoms with Crippen LogP contribution in [0.4, 0.5) is 0 Å². The molecule has 116 valence electrons. The lowest BCUT2D eigenvalue weighted by molar-refractivity contribution is -0.139. The summed E-state index contributed by atoms with van der Waals surface area (Å²) in [5.41, 5.74) is 0.118. The molecule has 21 heavy (non-hydrogen) atoms. The molecule has 0 aliphatic rings. The molecule has 0 bridgehead atoms. The van der Waals surface area contributed by atoms with Crippen molar-refractivity contribution >= 4 is 21.7 Å². The Hall–Kier alpha value is -1.89. The summed E-state index contributed by atoms with van der Waals surface area (Å²) < 4.78 is 22.9. The normalized spacial score (nSPS) is 13.0. The molecule has 0 saturated heterocycles. The third kappa shape index (κ3) is 5.18. The van der Waals surface area contributed by atoms with E-state index < -0.39 is 27.8 Å². The van der Waals surface area contributed by atoms with Gasteiger partial charge >= 0.3 is 5.97 Å². The molecule has 2 N–H and O–H groups in total. The number of carboxylic acid groups (broad SMARTS) is 1. The van der Waals surface area contributed by atoms with Crippen molar-refractivity contribution in [3.63, 3.8) is 0 Å². The Kier molecular flexibility index (Phi) is 5.48. The summed E-state index contributed by atoms with van der Waals surface area (Å²) in [6.45, 7) is 3.71. The summed E-state index contributed by atoms with van der Waals surface area (Å²) >= 11 is 0. The molecule has 1 rings (SSSR count). The SMILES string of the molecule is CC(C)C[C@H](NC(=O)c1cccc(S(C)(=O)=O)c1)C(=O)O. The Labute approximate surface area is 124 Å². The number of sulfone groups is 1. The maximum absolute atomic E-state index is 12.1. The van der Waals surface area contributed by atoms with Crippen molar-refractivity contribution in [2.45, 2.75) is 31.2 Å². The number of amides is 1. The van der Waals surface area contributed by atoms with Crippen LogP contribution in [0, 0.1) is 5.92 Å². The molecule has 0 heterocycles. The van der Waals surface area contributed by atoms with Gasteiger partial charge in [0.05, 0.1) is 4.90 Å². The van der Waals surface area contributed by atoms with E-state index in [0.29, 0.717) is 6.42 Å². The average molecular weight is 313 g/mol. The predicted octanol–water partition coefficient (Wildman–Crippen LogP) is 1.32. The minimum absolute atomic E-state index is 0.0193. The lowest BCUT2D eigenvalue weighted by atomic mass is 10.0. The molecule has 1 aromatic carbocycles. The van der Waals surface area contributed by atoms with Crippen LogP contribution < -0.4 is 5.32 Å². The second-order valence-electron chi connectivity index (χ2n) is 5.29. The number of hydrogen-bond acceptors (Lipinski definition) is 4. The number of carbonyl (C=O) groups excluding carboxylic acids is 1. The van der Waals surface area contributed by atoms with Gasteiger partial charge in [-0.1, -0.05) is 19.9 Å². The smallest absolute Gasteiger partial charge is 0.326 e. The number of aliphatic carboxylic acids is 1. The van der Waals surface area contributed by atoms with Gasteiger partial charge in [0, 0.05) is 11.8 Å². The molecule has 0 fully saturated rings. The first-order valence-corrected chi connectivity index (χ1v) is 8.34. The largest absolute Gasteiger partial charge is 0.480 e. The van der Waals surface area contributed by atoms with E-state index in [1.54, 1.807) is 0 Å². The molecule has 1 aromatic rings. The number of hydrogen-bond donors (Lipinski definition) is 2. The Morgan fingerprint density at radius 1 is 1.29 bits per heavy atom. The third-order valence-electron chi connectivity index (χ3n) is 2.83. The Balaban J connectivity index is 2.96. The van der Waals surface area contributed by atoms with Crippen LogP contribution in [0.25, 0.3) is 0 Å². The van der Waals surface area contributed by atoms with Crippen molar-refractivity contribution in [2.24, 2.45) is 5.92 Å². The van der Waals surface area contributed by atoms with Crippen molar-refractivity contribution in [3.8, 4) is 0 Å². The van der Waals surface area contributed by atoms with Gasteiger partial charge in [-0.15, -0.1) is 0 Å². The van der Waals surface area contributed by atoms with Crippen LogP contribution >= 0.6 is 0 Å². The van der Waals surface area contributed by atoms with E-state index in [9.17, 15) is 18.0 Å². The zero-order valence-electron chi connectivity index (χ0n) is 12.2. The highest BCUT2D eigenvalue weighted by Crippen LogP contribution is 2.12. The van der Waals surface area contributed by atoms with Crippen molar-refractivity contribution in [1.29, 1.82) is 0 Å². The van der Waals surface area contributed by atoms with E-state index in [1.807, 2.05) is 13.8 Å². The maximum atomic E-state index is 12.1. The minimum atomic E-state index is -3.42. The first kappa shape index (κ1) is 17.2. The molecule has 0 unspecified atom stereocenters. The van der Waals surface area contributed by atoms with Crippen LogP contribution in [0.2, 0.25) is 0 Å². The molecule has 0 aliphatic heterocycles. The zero-order valence-corrected chi connectivity index (χ0v) is 13.0. The lowest BCUT2D eigenvalue weighted by Gasteiger charge is -2.16. The van der Waals surface area contributed by atoms with Gasteiger partial charge in [-0.25, -0.2) is 13.2 Å². The Bertz CT molecular complexity index is 637. The number of benzene rings is 1. The highest BCUT2D eigenvalue weighted by molar-refractivity contribution is 7.90. The summed E-state index contributed by atoms with van der Waals surface area (Å²) in [7, 11) is -3.42. The van der Waals surface area contributed by atoms with Crippen LogP contribution in [0.15, 0.2) is 29.2 Å². The zero-order chi connectivity index (χ0) is 16.2. The first-order chi connectivity index (χ1) is 9.61. The highest BCUT2D eigenvalue weighted by atomic mass is 32.2. The first-order valence-electron chi connectivity index (χ1n) is 6.45. The molecular weight excluding hydrogens is 294 g/mol. The number of nitrogens with one attached hydrogen (secondary N) is 1. The molecule has 0 radical (unpaired) electrons. The van der Waals surface area contributed by atoms with Crippen LogP contribution in [-0.4, -0.2) is 37.7 Å². The second-order valence-corrected chi connectivity index (χ2v) is 7.31. The Morgan fingerprint density at radius 3 is 2.38 bits per heavy atom. The summed E-state index contributed by atoms with van der Waals surface area (Å²) in [5, 5.41) is 11.5. The maximum Gasteiger partial charge on any atom is 0.326 e. The van der Waals surface area contributed by atoms with Crippen molar-refractivity contribution in [3.05, 3.63) is 29.8 Å². The highest BCUT2D eigenvalue weighted by Gasteiger charge is 2.22. The van der Waals surface area contributed by atoms with Gasteiger partial charge in [0.1, 0.15) is 6.04 Å². The van der Waals surface area contributed by atoms with Gasteiger partial charge in [-0.3, -0.25) is 4.79 Å². The lowest BCUT2D eigenvalue weighted by Crippen LogP contribution is -2.41. The van der Waals surface area contributed by atoms with E-state index in [0.717, 1.165) is 6.26 Å². The summed E-state index contributed by atoms with van der Waals surface area (Å²) in [6.07, 6.45) is 1.34. The number of carboxylic acids is 1. The van der Waals surface area contributed by atoms with Gasteiger partial charge in [0.25, 0.3) is 5.91 Å². The topological polar surface area (TPSA) is 101 Å². The van der Waals surface area contributed by atoms with Crippen LogP contribution in [-0.2, 0) is 14.6 Å². The molecule has 0 aliphatic carbocycles. The fourth-order valence-electron chi connectivity index (χ4n) is 1.80. The second kappa shape index (κ2) is 6.71. The molecule has 0 aromatic heterocycles. The summed E-state index contributed by atoms with van der Waals surface area (Å²) in [4.78, 5) is 23.2. The summed E-state index contributed by atoms with van der Waals surface area (Å²) in [5.74, 6) is -1.61. The van der Waals surface area contributed by atoms with E-state index >= 15 is 0 Å². The molecule has 1 atom stereocenters. The minimum Gasteiger partial charge on any atom is -0.480 e. The van der Waals surface area contributed by atoms with Gasteiger partial charge < -0.3 is 10.4 Å². The van der Waals surface area contributed by atoms with E-state index in [4.69, 9.17) is 5.11 Å². The molecule has 7 heteroatoms. The molecular formula is C14H19NO5S. The predicted molar refractivity (Wildman–Crippen MR) is 77.9 cm³/mol. The van der Waals surface area contributed by atoms with Crippen LogP contribution in [0.5, 0.6) is 0 Å². The number of rotatable bonds is 6. The standard InChI is InChI=1S/C14H19NO5S/c1-9(2)7-12(14(17)18)15-13(16)10-5-4-6-11(8-10)21(3,19)20/h4-6,8-9,12H,7H2,1-3H3,(H,15,16)(H,17,18)/t12-/m0/s1. The molecule has 1 amide bonds.